The fourth-order valence-corrected chi connectivity index (χ4v) is 1.84. The van der Waals surface area contributed by atoms with Crippen molar-refractivity contribution in [2.45, 2.75) is 12.8 Å². The number of rotatable bonds is 5. The van der Waals surface area contributed by atoms with Gasteiger partial charge < -0.3 is 9.72 Å². The molecule has 98 valence electrons. The molecule has 0 amide bonds. The fourth-order valence-electron chi connectivity index (χ4n) is 1.52. The van der Waals surface area contributed by atoms with Crippen LogP contribution in [0, 0.1) is 0 Å². The minimum absolute atomic E-state index is 0.186. The predicted molar refractivity (Wildman–Crippen MR) is 66.6 cm³/mol. The summed E-state index contributed by atoms with van der Waals surface area (Å²) in [6.07, 6.45) is -2.02. The average molecular weight is 295 g/mol. The fraction of sp³-hybridized carbons (Fsp3) is 0.364. The van der Waals surface area contributed by atoms with Crippen molar-refractivity contribution in [3.8, 4) is 0 Å². The Morgan fingerprint density at radius 1 is 1.28 bits per heavy atom. The number of benzene rings is 1. The van der Waals surface area contributed by atoms with Gasteiger partial charge in [0.1, 0.15) is 12.4 Å². The van der Waals surface area contributed by atoms with E-state index in [-0.39, 0.29) is 6.61 Å². The summed E-state index contributed by atoms with van der Waals surface area (Å²) in [5.74, 6) is 0.651. The Bertz CT molecular complexity index is 506. The van der Waals surface area contributed by atoms with Crippen LogP contribution in [0.25, 0.3) is 11.0 Å². The number of nitrogens with zero attached hydrogens (tertiary/aromatic N) is 1. The van der Waals surface area contributed by atoms with Crippen molar-refractivity contribution in [2.75, 3.05) is 13.2 Å². The molecular formula is C11H10Cl2F2N2O. The van der Waals surface area contributed by atoms with E-state index in [1.807, 2.05) is 0 Å². The summed E-state index contributed by atoms with van der Waals surface area (Å²) >= 11 is 11.7. The third-order valence-corrected chi connectivity index (χ3v) is 3.02. The summed E-state index contributed by atoms with van der Waals surface area (Å²) in [6.45, 7) is -0.372. The molecular weight excluding hydrogens is 285 g/mol. The van der Waals surface area contributed by atoms with Crippen molar-refractivity contribution < 1.29 is 13.5 Å². The molecule has 1 heterocycles. The molecule has 0 saturated heterocycles. The second-order valence-electron chi connectivity index (χ2n) is 3.68. The van der Waals surface area contributed by atoms with Gasteiger partial charge in [-0.15, -0.1) is 0 Å². The number of hydrogen-bond acceptors (Lipinski definition) is 2. The second-order valence-corrected chi connectivity index (χ2v) is 4.50. The van der Waals surface area contributed by atoms with E-state index in [4.69, 9.17) is 27.9 Å². The molecule has 7 heteroatoms. The van der Waals surface area contributed by atoms with E-state index < -0.39 is 13.0 Å². The van der Waals surface area contributed by atoms with Crippen LogP contribution < -0.4 is 0 Å². The number of hydrogen-bond donors (Lipinski definition) is 1. The number of fused-ring (bicyclic) bond motifs is 1. The molecule has 2 aromatic rings. The molecule has 0 radical (unpaired) electrons. The van der Waals surface area contributed by atoms with Crippen molar-refractivity contribution in [1.29, 1.82) is 0 Å². The Labute approximate surface area is 112 Å². The van der Waals surface area contributed by atoms with Gasteiger partial charge in [0, 0.05) is 6.42 Å². The van der Waals surface area contributed by atoms with Gasteiger partial charge in [-0.25, -0.2) is 13.8 Å². The SMILES string of the molecule is FC(F)COCCc1nc2cc(Cl)c(Cl)cc2[nH]1. The summed E-state index contributed by atoms with van der Waals surface area (Å²) in [7, 11) is 0. The lowest BCUT2D eigenvalue weighted by Gasteiger charge is -2.00. The highest BCUT2D eigenvalue weighted by atomic mass is 35.5. The molecule has 0 aliphatic heterocycles. The summed E-state index contributed by atoms with van der Waals surface area (Å²) in [5.41, 5.74) is 1.45. The van der Waals surface area contributed by atoms with Gasteiger partial charge in [-0.05, 0) is 12.1 Å². The van der Waals surface area contributed by atoms with Crippen molar-refractivity contribution in [3.05, 3.63) is 28.0 Å². The first kappa shape index (κ1) is 13.5. The zero-order chi connectivity index (χ0) is 13.1. The zero-order valence-corrected chi connectivity index (χ0v) is 10.7. The van der Waals surface area contributed by atoms with Crippen molar-refractivity contribution in [2.24, 2.45) is 0 Å². The van der Waals surface area contributed by atoms with Gasteiger partial charge >= 0.3 is 0 Å². The smallest absolute Gasteiger partial charge is 0.261 e. The van der Waals surface area contributed by atoms with Crippen LogP contribution in [0.1, 0.15) is 5.82 Å². The second kappa shape index (κ2) is 5.82. The first-order valence-corrected chi connectivity index (χ1v) is 6.01. The Morgan fingerprint density at radius 2 is 2.00 bits per heavy atom. The van der Waals surface area contributed by atoms with E-state index in [9.17, 15) is 8.78 Å². The summed E-state index contributed by atoms with van der Waals surface area (Å²) in [4.78, 5) is 7.30. The van der Waals surface area contributed by atoms with Gasteiger partial charge in [-0.3, -0.25) is 0 Å². The lowest BCUT2D eigenvalue weighted by Crippen LogP contribution is -2.07. The third-order valence-electron chi connectivity index (χ3n) is 2.30. The minimum atomic E-state index is -2.45. The highest BCUT2D eigenvalue weighted by Gasteiger charge is 2.07. The average Bonchev–Trinajstić information content (AvgIpc) is 2.67. The van der Waals surface area contributed by atoms with Crippen LogP contribution in [-0.2, 0) is 11.2 Å². The number of aromatic amines is 1. The molecule has 0 spiro atoms. The Kier molecular flexibility index (Phi) is 4.37. The van der Waals surface area contributed by atoms with Crippen LogP contribution in [0.2, 0.25) is 10.0 Å². The Hall–Kier alpha value is -0.910. The number of aromatic nitrogens is 2. The van der Waals surface area contributed by atoms with Crippen molar-refractivity contribution in [1.82, 2.24) is 9.97 Å². The maximum Gasteiger partial charge on any atom is 0.261 e. The molecule has 2 rings (SSSR count). The molecule has 18 heavy (non-hydrogen) atoms. The molecule has 0 fully saturated rings. The molecule has 1 N–H and O–H groups in total. The molecule has 0 aliphatic rings. The van der Waals surface area contributed by atoms with Gasteiger partial charge in [0.25, 0.3) is 6.43 Å². The lowest BCUT2D eigenvalue weighted by atomic mass is 10.3. The topological polar surface area (TPSA) is 37.9 Å². The standard InChI is InChI=1S/C11H10Cl2F2N2O/c12-6-3-8-9(4-7(6)13)17-11(16-8)1-2-18-5-10(14)15/h3-4,10H,1-2,5H2,(H,16,17). The number of alkyl halides is 2. The zero-order valence-electron chi connectivity index (χ0n) is 9.22. The normalized spacial score (nSPS) is 11.6. The first-order valence-electron chi connectivity index (χ1n) is 5.26. The lowest BCUT2D eigenvalue weighted by molar-refractivity contribution is 0.0183. The van der Waals surface area contributed by atoms with Crippen LogP contribution in [-0.4, -0.2) is 29.6 Å². The van der Waals surface area contributed by atoms with Crippen LogP contribution in [0.5, 0.6) is 0 Å². The molecule has 0 saturated carbocycles. The molecule has 0 bridgehead atoms. The Balaban J connectivity index is 2.02. The van der Waals surface area contributed by atoms with Gasteiger partial charge in [0.2, 0.25) is 0 Å². The van der Waals surface area contributed by atoms with Crippen molar-refractivity contribution in [3.63, 3.8) is 0 Å². The molecule has 1 aromatic carbocycles. The monoisotopic (exact) mass is 294 g/mol. The minimum Gasteiger partial charge on any atom is -0.375 e. The molecule has 1 aromatic heterocycles. The van der Waals surface area contributed by atoms with Gasteiger partial charge in [0.05, 0.1) is 27.7 Å². The predicted octanol–water partition coefficient (Wildman–Crippen LogP) is 3.69. The molecule has 0 unspecified atom stereocenters. The first-order chi connectivity index (χ1) is 8.56. The number of nitrogens with one attached hydrogen (secondary N) is 1. The van der Waals surface area contributed by atoms with Gasteiger partial charge in [-0.1, -0.05) is 23.2 Å². The summed E-state index contributed by atoms with van der Waals surface area (Å²) < 4.78 is 28.5. The van der Waals surface area contributed by atoms with E-state index in [0.29, 0.717) is 27.8 Å². The van der Waals surface area contributed by atoms with Crippen LogP contribution >= 0.6 is 23.2 Å². The largest absolute Gasteiger partial charge is 0.375 e. The number of halogens is 4. The molecule has 0 atom stereocenters. The number of imidazole rings is 1. The van der Waals surface area contributed by atoms with Gasteiger partial charge in [0.15, 0.2) is 0 Å². The maximum absolute atomic E-state index is 11.8. The van der Waals surface area contributed by atoms with E-state index >= 15 is 0 Å². The van der Waals surface area contributed by atoms with Crippen LogP contribution in [0.3, 0.4) is 0 Å². The van der Waals surface area contributed by atoms with E-state index in [1.54, 1.807) is 12.1 Å². The van der Waals surface area contributed by atoms with Crippen LogP contribution in [0.4, 0.5) is 8.78 Å². The van der Waals surface area contributed by atoms with Gasteiger partial charge in [-0.2, -0.15) is 0 Å². The van der Waals surface area contributed by atoms with E-state index in [0.717, 1.165) is 5.52 Å². The third kappa shape index (κ3) is 3.31. The van der Waals surface area contributed by atoms with E-state index in [2.05, 4.69) is 9.97 Å². The van der Waals surface area contributed by atoms with Crippen LogP contribution in [0.15, 0.2) is 12.1 Å². The maximum atomic E-state index is 11.8. The highest BCUT2D eigenvalue weighted by molar-refractivity contribution is 6.42. The molecule has 0 aliphatic carbocycles. The highest BCUT2D eigenvalue weighted by Crippen LogP contribution is 2.26. The summed E-state index contributed by atoms with van der Waals surface area (Å²) in [5, 5.41) is 0.865. The Morgan fingerprint density at radius 3 is 2.72 bits per heavy atom. The number of ether oxygens (including phenoxy) is 1. The van der Waals surface area contributed by atoms with E-state index in [1.165, 1.54) is 0 Å². The quantitative estimate of drug-likeness (QED) is 0.854. The molecule has 3 nitrogen and oxygen atoms in total. The van der Waals surface area contributed by atoms with Crippen molar-refractivity contribution >= 4 is 34.2 Å². The number of H-pyrrole nitrogens is 1. The summed E-state index contributed by atoms with van der Waals surface area (Å²) in [6, 6.07) is 3.33.